The van der Waals surface area contributed by atoms with Crippen LogP contribution >= 0.6 is 11.6 Å². The van der Waals surface area contributed by atoms with Crippen molar-refractivity contribution in [3.05, 3.63) is 53.6 Å². The van der Waals surface area contributed by atoms with E-state index in [2.05, 4.69) is 10.2 Å². The maximum atomic E-state index is 12.4. The van der Waals surface area contributed by atoms with Crippen molar-refractivity contribution in [1.82, 2.24) is 0 Å². The molecule has 2 aromatic carbocycles. The summed E-state index contributed by atoms with van der Waals surface area (Å²) < 4.78 is 0. The van der Waals surface area contributed by atoms with Crippen LogP contribution in [0.4, 0.5) is 17.1 Å². The standard InChI is InChI=1S/C21H24ClN3O2/c1-16(26)25(15-21(27)23-18-7-5-6-17(22)14-18)20-10-8-19(9-11-20)24-12-3-2-4-13-24/h5-11,14H,2-4,12-13,15H2,1H3,(H,23,27). The highest BCUT2D eigenvalue weighted by Crippen LogP contribution is 2.24. The number of carbonyl (C=O) groups excluding carboxylic acids is 2. The van der Waals surface area contributed by atoms with Crippen LogP contribution in [-0.4, -0.2) is 31.4 Å². The van der Waals surface area contributed by atoms with E-state index in [0.29, 0.717) is 16.4 Å². The van der Waals surface area contributed by atoms with Crippen LogP contribution in [0.1, 0.15) is 26.2 Å². The van der Waals surface area contributed by atoms with E-state index in [4.69, 9.17) is 11.6 Å². The highest BCUT2D eigenvalue weighted by molar-refractivity contribution is 6.30. The molecule has 1 saturated heterocycles. The van der Waals surface area contributed by atoms with E-state index in [1.807, 2.05) is 24.3 Å². The van der Waals surface area contributed by atoms with Gasteiger partial charge in [-0.1, -0.05) is 17.7 Å². The van der Waals surface area contributed by atoms with Crippen molar-refractivity contribution in [2.45, 2.75) is 26.2 Å². The lowest BCUT2D eigenvalue weighted by atomic mass is 10.1. The van der Waals surface area contributed by atoms with Gasteiger partial charge in [0.05, 0.1) is 0 Å². The Labute approximate surface area is 164 Å². The van der Waals surface area contributed by atoms with Crippen LogP contribution in [0.25, 0.3) is 0 Å². The van der Waals surface area contributed by atoms with Crippen LogP contribution < -0.4 is 15.1 Å². The van der Waals surface area contributed by atoms with E-state index < -0.39 is 0 Å². The van der Waals surface area contributed by atoms with Gasteiger partial charge in [-0.15, -0.1) is 0 Å². The van der Waals surface area contributed by atoms with Gasteiger partial charge in [0.15, 0.2) is 0 Å². The SMILES string of the molecule is CC(=O)N(CC(=O)Nc1cccc(Cl)c1)c1ccc(N2CCCCC2)cc1. The molecule has 0 unspecified atom stereocenters. The Morgan fingerprint density at radius 3 is 2.41 bits per heavy atom. The lowest BCUT2D eigenvalue weighted by Gasteiger charge is -2.29. The van der Waals surface area contributed by atoms with Crippen LogP contribution in [0.3, 0.4) is 0 Å². The molecule has 0 spiro atoms. The molecule has 27 heavy (non-hydrogen) atoms. The number of hydrogen-bond acceptors (Lipinski definition) is 3. The quantitative estimate of drug-likeness (QED) is 0.833. The van der Waals surface area contributed by atoms with E-state index in [0.717, 1.165) is 18.8 Å². The molecule has 6 heteroatoms. The van der Waals surface area contributed by atoms with Gasteiger partial charge in [0.1, 0.15) is 6.54 Å². The predicted molar refractivity (Wildman–Crippen MR) is 111 cm³/mol. The molecular formula is C21H24ClN3O2. The zero-order valence-electron chi connectivity index (χ0n) is 15.5. The number of anilines is 3. The summed E-state index contributed by atoms with van der Waals surface area (Å²) in [4.78, 5) is 28.3. The molecule has 142 valence electrons. The third-order valence-corrected chi connectivity index (χ3v) is 4.91. The molecule has 1 N–H and O–H groups in total. The molecule has 0 aliphatic carbocycles. The number of nitrogens with zero attached hydrogens (tertiary/aromatic N) is 2. The van der Waals surface area contributed by atoms with Gasteiger partial charge in [-0.2, -0.15) is 0 Å². The van der Waals surface area contributed by atoms with Gasteiger partial charge in [0, 0.05) is 42.1 Å². The maximum absolute atomic E-state index is 12.4. The fourth-order valence-electron chi connectivity index (χ4n) is 3.29. The van der Waals surface area contributed by atoms with Crippen molar-refractivity contribution < 1.29 is 9.59 Å². The van der Waals surface area contributed by atoms with Gasteiger partial charge in [-0.25, -0.2) is 0 Å². The Bertz CT molecular complexity index is 801. The molecule has 1 heterocycles. The van der Waals surface area contributed by atoms with E-state index in [1.54, 1.807) is 24.3 Å². The average Bonchev–Trinajstić information content (AvgIpc) is 2.67. The molecule has 5 nitrogen and oxygen atoms in total. The van der Waals surface area contributed by atoms with Crippen molar-refractivity contribution in [1.29, 1.82) is 0 Å². The summed E-state index contributed by atoms with van der Waals surface area (Å²) in [6.45, 7) is 3.55. The summed E-state index contributed by atoms with van der Waals surface area (Å²) in [6.07, 6.45) is 3.71. The molecule has 0 bridgehead atoms. The second-order valence-electron chi connectivity index (χ2n) is 6.73. The zero-order valence-corrected chi connectivity index (χ0v) is 16.2. The summed E-state index contributed by atoms with van der Waals surface area (Å²) in [6, 6.07) is 14.8. The Hall–Kier alpha value is -2.53. The topological polar surface area (TPSA) is 52.7 Å². The Balaban J connectivity index is 1.67. The van der Waals surface area contributed by atoms with Crippen molar-refractivity contribution in [2.24, 2.45) is 0 Å². The second kappa shape index (κ2) is 8.91. The third-order valence-electron chi connectivity index (χ3n) is 4.67. The highest BCUT2D eigenvalue weighted by atomic mass is 35.5. The molecule has 1 fully saturated rings. The van der Waals surface area contributed by atoms with Gasteiger partial charge >= 0.3 is 0 Å². The molecular weight excluding hydrogens is 362 g/mol. The largest absolute Gasteiger partial charge is 0.372 e. The number of halogens is 1. The molecule has 1 aliphatic rings. The number of amides is 2. The molecule has 0 radical (unpaired) electrons. The molecule has 0 saturated carbocycles. The van der Waals surface area contributed by atoms with Gasteiger partial charge in [0.2, 0.25) is 11.8 Å². The lowest BCUT2D eigenvalue weighted by Crippen LogP contribution is -2.36. The van der Waals surface area contributed by atoms with Gasteiger partial charge in [-0.3, -0.25) is 9.59 Å². The molecule has 0 atom stereocenters. The number of rotatable bonds is 5. The van der Waals surface area contributed by atoms with Crippen molar-refractivity contribution >= 4 is 40.5 Å². The lowest BCUT2D eigenvalue weighted by molar-refractivity contribution is -0.120. The maximum Gasteiger partial charge on any atom is 0.244 e. The summed E-state index contributed by atoms with van der Waals surface area (Å²) in [7, 11) is 0. The summed E-state index contributed by atoms with van der Waals surface area (Å²) in [5, 5.41) is 3.32. The van der Waals surface area contributed by atoms with Crippen LogP contribution in [0.15, 0.2) is 48.5 Å². The Kier molecular flexibility index (Phi) is 6.35. The molecule has 0 aromatic heterocycles. The Morgan fingerprint density at radius 1 is 1.07 bits per heavy atom. The molecule has 3 rings (SSSR count). The predicted octanol–water partition coefficient (Wildman–Crippen LogP) is 4.32. The third kappa shape index (κ3) is 5.23. The van der Waals surface area contributed by atoms with Crippen LogP contribution in [0.2, 0.25) is 5.02 Å². The summed E-state index contributed by atoms with van der Waals surface area (Å²) in [5.41, 5.74) is 2.48. The second-order valence-corrected chi connectivity index (χ2v) is 7.16. The smallest absolute Gasteiger partial charge is 0.244 e. The minimum Gasteiger partial charge on any atom is -0.372 e. The van der Waals surface area contributed by atoms with Crippen LogP contribution in [0.5, 0.6) is 0 Å². The number of nitrogens with one attached hydrogen (secondary N) is 1. The number of piperidine rings is 1. The molecule has 2 amide bonds. The normalized spacial score (nSPS) is 13.9. The van der Waals surface area contributed by atoms with Gasteiger partial charge in [0.25, 0.3) is 0 Å². The minimum absolute atomic E-state index is 0.0507. The molecule has 2 aromatic rings. The fourth-order valence-corrected chi connectivity index (χ4v) is 3.48. The first kappa shape index (κ1) is 19.2. The highest BCUT2D eigenvalue weighted by Gasteiger charge is 2.17. The monoisotopic (exact) mass is 385 g/mol. The van der Waals surface area contributed by atoms with Crippen molar-refractivity contribution in [3.63, 3.8) is 0 Å². The first-order valence-corrected chi connectivity index (χ1v) is 9.59. The average molecular weight is 386 g/mol. The van der Waals surface area contributed by atoms with Crippen molar-refractivity contribution in [3.8, 4) is 0 Å². The zero-order chi connectivity index (χ0) is 19.2. The van der Waals surface area contributed by atoms with Crippen LogP contribution in [0, 0.1) is 0 Å². The van der Waals surface area contributed by atoms with E-state index in [9.17, 15) is 9.59 Å². The first-order valence-electron chi connectivity index (χ1n) is 9.21. The number of benzene rings is 2. The van der Waals surface area contributed by atoms with Gasteiger partial charge < -0.3 is 15.1 Å². The van der Waals surface area contributed by atoms with Crippen LogP contribution in [-0.2, 0) is 9.59 Å². The van der Waals surface area contributed by atoms with Crippen molar-refractivity contribution in [2.75, 3.05) is 34.8 Å². The number of hydrogen-bond donors (Lipinski definition) is 1. The fraction of sp³-hybridized carbons (Fsp3) is 0.333. The summed E-state index contributed by atoms with van der Waals surface area (Å²) in [5.74, 6) is -0.449. The van der Waals surface area contributed by atoms with E-state index in [1.165, 1.54) is 31.1 Å². The Morgan fingerprint density at radius 2 is 1.78 bits per heavy atom. The first-order chi connectivity index (χ1) is 13.0. The summed E-state index contributed by atoms with van der Waals surface area (Å²) >= 11 is 5.94. The number of carbonyl (C=O) groups is 2. The minimum atomic E-state index is -0.271. The van der Waals surface area contributed by atoms with Gasteiger partial charge in [-0.05, 0) is 61.7 Å². The molecule has 1 aliphatic heterocycles. The van der Waals surface area contributed by atoms with E-state index >= 15 is 0 Å². The van der Waals surface area contributed by atoms with E-state index in [-0.39, 0.29) is 18.4 Å².